The topological polar surface area (TPSA) is 82.5 Å². The third kappa shape index (κ3) is 4.57. The molecule has 0 aromatic carbocycles. The molecule has 0 bridgehead atoms. The lowest BCUT2D eigenvalue weighted by Gasteiger charge is -2.17. The van der Waals surface area contributed by atoms with E-state index in [2.05, 4.69) is 10.3 Å². The first-order chi connectivity index (χ1) is 10.0. The number of thiophene rings is 1. The number of nitrogens with one attached hydrogen (secondary N) is 1. The number of aromatic nitrogens is 1. The number of hydrogen-bond donors (Lipinski definition) is 2. The summed E-state index contributed by atoms with van der Waals surface area (Å²) in [6.07, 6.45) is 1.32. The summed E-state index contributed by atoms with van der Waals surface area (Å²) < 4.78 is 0. The Bertz CT molecular complexity index is 611. The number of carbonyl (C=O) groups is 2. The number of carbonyl (C=O) groups excluding carboxylic acids is 1. The molecular formula is C14H15N3O3S. The van der Waals surface area contributed by atoms with Crippen LogP contribution >= 0.6 is 11.3 Å². The second kappa shape index (κ2) is 6.85. The zero-order valence-corrected chi connectivity index (χ0v) is 12.3. The Kier molecular flexibility index (Phi) is 4.89. The normalized spacial score (nSPS) is 10.1. The van der Waals surface area contributed by atoms with Gasteiger partial charge in [0.2, 0.25) is 0 Å². The molecule has 0 radical (unpaired) electrons. The van der Waals surface area contributed by atoms with Gasteiger partial charge in [0.1, 0.15) is 0 Å². The molecule has 2 heterocycles. The first-order valence-corrected chi connectivity index (χ1v) is 7.19. The van der Waals surface area contributed by atoms with Gasteiger partial charge in [-0.25, -0.2) is 4.79 Å². The molecule has 110 valence electrons. The number of carboxylic acid groups (broad SMARTS) is 1. The van der Waals surface area contributed by atoms with Crippen LogP contribution in [-0.2, 0) is 17.8 Å². The number of amides is 2. The molecule has 0 spiro atoms. The van der Waals surface area contributed by atoms with Gasteiger partial charge in [-0.3, -0.25) is 9.78 Å². The van der Waals surface area contributed by atoms with Crippen LogP contribution in [0, 0.1) is 0 Å². The summed E-state index contributed by atoms with van der Waals surface area (Å²) in [5, 5.41) is 15.3. The standard InChI is InChI=1S/C14H15N3O3S/c1-17(8-10-4-5-21-9-10)14(20)16-12-3-2-11(15-7-12)6-13(18)19/h2-5,7,9H,6,8H2,1H3,(H,16,20)(H,18,19). The number of hydrogen-bond acceptors (Lipinski definition) is 4. The van der Waals surface area contributed by atoms with E-state index in [9.17, 15) is 9.59 Å². The van der Waals surface area contributed by atoms with Crippen molar-refractivity contribution in [2.75, 3.05) is 12.4 Å². The molecule has 2 aromatic heterocycles. The Balaban J connectivity index is 1.91. The molecule has 0 saturated heterocycles. The van der Waals surface area contributed by atoms with Crippen LogP contribution in [0.5, 0.6) is 0 Å². The number of rotatable bonds is 5. The molecule has 0 atom stereocenters. The minimum atomic E-state index is -0.935. The van der Waals surface area contributed by atoms with Crippen molar-refractivity contribution < 1.29 is 14.7 Å². The highest BCUT2D eigenvalue weighted by Gasteiger charge is 2.10. The van der Waals surface area contributed by atoms with E-state index in [0.717, 1.165) is 5.56 Å². The van der Waals surface area contributed by atoms with Crippen LogP contribution < -0.4 is 5.32 Å². The largest absolute Gasteiger partial charge is 0.481 e. The van der Waals surface area contributed by atoms with Crippen LogP contribution in [0.2, 0.25) is 0 Å². The van der Waals surface area contributed by atoms with Crippen LogP contribution in [-0.4, -0.2) is 34.0 Å². The van der Waals surface area contributed by atoms with Gasteiger partial charge in [-0.1, -0.05) is 0 Å². The lowest BCUT2D eigenvalue weighted by molar-refractivity contribution is -0.136. The van der Waals surface area contributed by atoms with Crippen LogP contribution in [0.25, 0.3) is 0 Å². The highest BCUT2D eigenvalue weighted by Crippen LogP contribution is 2.11. The Hall–Kier alpha value is -2.41. The lowest BCUT2D eigenvalue weighted by Crippen LogP contribution is -2.30. The Morgan fingerprint density at radius 1 is 1.38 bits per heavy atom. The minimum Gasteiger partial charge on any atom is -0.481 e. The molecule has 0 saturated carbocycles. The van der Waals surface area contributed by atoms with Gasteiger partial charge in [-0.05, 0) is 34.5 Å². The van der Waals surface area contributed by atoms with E-state index in [1.165, 1.54) is 6.20 Å². The fourth-order valence-electron chi connectivity index (χ4n) is 1.71. The fourth-order valence-corrected chi connectivity index (χ4v) is 2.36. The smallest absolute Gasteiger partial charge is 0.321 e. The fraction of sp³-hybridized carbons (Fsp3) is 0.214. The van der Waals surface area contributed by atoms with Gasteiger partial charge in [-0.2, -0.15) is 11.3 Å². The van der Waals surface area contributed by atoms with E-state index in [-0.39, 0.29) is 12.5 Å². The average Bonchev–Trinajstić information content (AvgIpc) is 2.93. The van der Waals surface area contributed by atoms with Crippen LogP contribution in [0.1, 0.15) is 11.3 Å². The maximum absolute atomic E-state index is 12.0. The Labute approximate surface area is 126 Å². The molecule has 0 aliphatic heterocycles. The van der Waals surface area contributed by atoms with Crippen molar-refractivity contribution in [3.63, 3.8) is 0 Å². The molecule has 2 aromatic rings. The molecule has 6 nitrogen and oxygen atoms in total. The first-order valence-electron chi connectivity index (χ1n) is 6.24. The van der Waals surface area contributed by atoms with Gasteiger partial charge in [0.25, 0.3) is 0 Å². The maximum atomic E-state index is 12.0. The van der Waals surface area contributed by atoms with Gasteiger partial charge in [0.05, 0.1) is 24.0 Å². The summed E-state index contributed by atoms with van der Waals surface area (Å²) in [6, 6.07) is 4.95. The monoisotopic (exact) mass is 305 g/mol. The second-order valence-corrected chi connectivity index (χ2v) is 5.31. The molecule has 0 aliphatic carbocycles. The van der Waals surface area contributed by atoms with Gasteiger partial charge in [-0.15, -0.1) is 0 Å². The Morgan fingerprint density at radius 2 is 2.19 bits per heavy atom. The summed E-state index contributed by atoms with van der Waals surface area (Å²) in [7, 11) is 1.71. The minimum absolute atomic E-state index is 0.133. The van der Waals surface area contributed by atoms with Crippen molar-refractivity contribution in [3.05, 3.63) is 46.4 Å². The zero-order chi connectivity index (χ0) is 15.2. The summed E-state index contributed by atoms with van der Waals surface area (Å²) in [6.45, 7) is 0.528. The van der Waals surface area contributed by atoms with Crippen molar-refractivity contribution in [2.45, 2.75) is 13.0 Å². The van der Waals surface area contributed by atoms with E-state index in [1.807, 2.05) is 16.8 Å². The number of aliphatic carboxylic acids is 1. The third-order valence-electron chi connectivity index (χ3n) is 2.75. The average molecular weight is 305 g/mol. The van der Waals surface area contributed by atoms with Crippen molar-refractivity contribution in [3.8, 4) is 0 Å². The van der Waals surface area contributed by atoms with Gasteiger partial charge in [0.15, 0.2) is 0 Å². The van der Waals surface area contributed by atoms with E-state index in [1.54, 1.807) is 35.4 Å². The molecule has 2 rings (SSSR count). The predicted molar refractivity (Wildman–Crippen MR) is 80.4 cm³/mol. The first kappa shape index (κ1) is 15.0. The predicted octanol–water partition coefficient (Wildman–Crippen LogP) is 2.43. The van der Waals surface area contributed by atoms with Crippen molar-refractivity contribution in [1.82, 2.24) is 9.88 Å². The van der Waals surface area contributed by atoms with Crippen LogP contribution in [0.3, 0.4) is 0 Å². The van der Waals surface area contributed by atoms with Gasteiger partial charge in [0, 0.05) is 13.6 Å². The van der Waals surface area contributed by atoms with Crippen molar-refractivity contribution in [2.24, 2.45) is 0 Å². The third-order valence-corrected chi connectivity index (χ3v) is 3.49. The molecular weight excluding hydrogens is 290 g/mol. The molecule has 0 fully saturated rings. The summed E-state index contributed by atoms with van der Waals surface area (Å²) >= 11 is 1.59. The highest BCUT2D eigenvalue weighted by molar-refractivity contribution is 7.07. The van der Waals surface area contributed by atoms with E-state index in [0.29, 0.717) is 17.9 Å². The van der Waals surface area contributed by atoms with Gasteiger partial charge >= 0.3 is 12.0 Å². The summed E-state index contributed by atoms with van der Waals surface area (Å²) in [4.78, 5) is 28.1. The van der Waals surface area contributed by atoms with Crippen LogP contribution in [0.15, 0.2) is 35.2 Å². The summed E-state index contributed by atoms with van der Waals surface area (Å²) in [5.41, 5.74) is 2.06. The van der Waals surface area contributed by atoms with Crippen LogP contribution in [0.4, 0.5) is 10.5 Å². The quantitative estimate of drug-likeness (QED) is 0.889. The molecule has 0 aliphatic rings. The number of urea groups is 1. The van der Waals surface area contributed by atoms with Crippen molar-refractivity contribution in [1.29, 1.82) is 0 Å². The zero-order valence-electron chi connectivity index (χ0n) is 11.4. The highest BCUT2D eigenvalue weighted by atomic mass is 32.1. The molecule has 0 unspecified atom stereocenters. The van der Waals surface area contributed by atoms with E-state index in [4.69, 9.17) is 5.11 Å². The second-order valence-electron chi connectivity index (χ2n) is 4.53. The molecule has 2 amide bonds. The molecule has 21 heavy (non-hydrogen) atoms. The summed E-state index contributed by atoms with van der Waals surface area (Å²) in [5.74, 6) is -0.935. The number of pyridine rings is 1. The Morgan fingerprint density at radius 3 is 2.76 bits per heavy atom. The maximum Gasteiger partial charge on any atom is 0.321 e. The lowest BCUT2D eigenvalue weighted by atomic mass is 10.2. The number of carboxylic acids is 1. The number of nitrogens with zero attached hydrogens (tertiary/aromatic N) is 2. The van der Waals surface area contributed by atoms with Crippen molar-refractivity contribution >= 4 is 29.0 Å². The molecule has 2 N–H and O–H groups in total. The number of anilines is 1. The van der Waals surface area contributed by atoms with E-state index < -0.39 is 5.97 Å². The SMILES string of the molecule is CN(Cc1ccsc1)C(=O)Nc1ccc(CC(=O)O)nc1. The van der Waals surface area contributed by atoms with E-state index >= 15 is 0 Å². The molecule has 7 heteroatoms. The van der Waals surface area contributed by atoms with Gasteiger partial charge < -0.3 is 15.3 Å².